The second-order valence-electron chi connectivity index (χ2n) is 7.71. The van der Waals surface area contributed by atoms with Gasteiger partial charge in [0.1, 0.15) is 6.61 Å². The molecule has 3 heterocycles. The summed E-state index contributed by atoms with van der Waals surface area (Å²) in [5, 5.41) is 3.23. The van der Waals surface area contributed by atoms with Gasteiger partial charge in [0, 0.05) is 39.0 Å². The Morgan fingerprint density at radius 1 is 1.25 bits per heavy atom. The van der Waals surface area contributed by atoms with Crippen LogP contribution in [0.2, 0.25) is 0 Å². The molecule has 1 atom stereocenters. The summed E-state index contributed by atoms with van der Waals surface area (Å²) >= 11 is 0. The highest BCUT2D eigenvalue weighted by molar-refractivity contribution is 14.0. The lowest BCUT2D eigenvalue weighted by molar-refractivity contribution is -0.137. The number of halogens is 4. The number of aliphatic imine (C=N–C) groups is 1. The second kappa shape index (κ2) is 13.4. The minimum atomic E-state index is -4.40. The molecule has 0 amide bonds. The number of guanidine groups is 1. The molecule has 7 nitrogen and oxygen atoms in total. The van der Waals surface area contributed by atoms with Crippen LogP contribution in [-0.2, 0) is 15.7 Å². The maximum atomic E-state index is 12.6. The van der Waals surface area contributed by atoms with Gasteiger partial charge in [0.15, 0.2) is 5.96 Å². The minimum absolute atomic E-state index is 0. The van der Waals surface area contributed by atoms with Crippen LogP contribution in [0.4, 0.5) is 13.2 Å². The molecule has 0 saturated carbocycles. The molecule has 1 aromatic rings. The first kappa shape index (κ1) is 26.9. The van der Waals surface area contributed by atoms with Gasteiger partial charge >= 0.3 is 6.18 Å². The zero-order valence-corrected chi connectivity index (χ0v) is 20.6. The van der Waals surface area contributed by atoms with Gasteiger partial charge in [-0.15, -0.1) is 24.0 Å². The normalized spacial score (nSPS) is 20.6. The van der Waals surface area contributed by atoms with Crippen LogP contribution >= 0.6 is 24.0 Å². The summed E-state index contributed by atoms with van der Waals surface area (Å²) in [6.07, 6.45) is 2.16. The lowest BCUT2D eigenvalue weighted by Crippen LogP contribution is -2.48. The number of rotatable bonds is 7. The van der Waals surface area contributed by atoms with Gasteiger partial charge < -0.3 is 24.4 Å². The molecule has 11 heteroatoms. The van der Waals surface area contributed by atoms with Crippen molar-refractivity contribution in [2.24, 2.45) is 4.99 Å². The first-order valence-electron chi connectivity index (χ1n) is 10.8. The first-order valence-corrected chi connectivity index (χ1v) is 10.8. The Kier molecular flexibility index (Phi) is 11.3. The summed E-state index contributed by atoms with van der Waals surface area (Å²) in [5.41, 5.74) is -0.794. The molecule has 0 aromatic carbocycles. The number of nitrogens with one attached hydrogen (secondary N) is 1. The van der Waals surface area contributed by atoms with Gasteiger partial charge in [0.05, 0.1) is 30.9 Å². The van der Waals surface area contributed by atoms with E-state index in [0.29, 0.717) is 13.2 Å². The third-order valence-electron chi connectivity index (χ3n) is 5.44. The number of pyridine rings is 1. The van der Waals surface area contributed by atoms with E-state index >= 15 is 0 Å². The Balaban J connectivity index is 0.00000363. The van der Waals surface area contributed by atoms with Gasteiger partial charge in [-0.1, -0.05) is 0 Å². The highest BCUT2D eigenvalue weighted by Gasteiger charge is 2.30. The fourth-order valence-electron chi connectivity index (χ4n) is 3.70. The highest BCUT2D eigenvalue weighted by atomic mass is 127. The summed E-state index contributed by atoms with van der Waals surface area (Å²) in [6.45, 7) is 3.93. The Bertz CT molecular complexity index is 693. The van der Waals surface area contributed by atoms with Crippen LogP contribution in [0, 0.1) is 0 Å². The third-order valence-corrected chi connectivity index (χ3v) is 5.44. The van der Waals surface area contributed by atoms with E-state index in [-0.39, 0.29) is 48.7 Å². The van der Waals surface area contributed by atoms with Crippen LogP contribution in [0.5, 0.6) is 5.88 Å². The maximum absolute atomic E-state index is 12.6. The molecule has 0 radical (unpaired) electrons. The van der Waals surface area contributed by atoms with Gasteiger partial charge in [-0.2, -0.15) is 13.2 Å². The maximum Gasteiger partial charge on any atom is 0.417 e. The third kappa shape index (κ3) is 8.54. The van der Waals surface area contributed by atoms with E-state index in [1.165, 1.54) is 12.5 Å². The van der Waals surface area contributed by atoms with Crippen LogP contribution in [0.1, 0.15) is 37.7 Å². The van der Waals surface area contributed by atoms with Gasteiger partial charge in [-0.25, -0.2) is 4.98 Å². The SMILES string of the molecule is CN=C(NCCOc1ccc(C(F)(F)F)cn1)N1CCC(OCC2CCCCO2)CC1.I. The van der Waals surface area contributed by atoms with Gasteiger partial charge in [0.25, 0.3) is 0 Å². The number of aromatic nitrogens is 1. The van der Waals surface area contributed by atoms with Crippen molar-refractivity contribution in [1.82, 2.24) is 15.2 Å². The number of piperidine rings is 1. The van der Waals surface area contributed by atoms with E-state index in [4.69, 9.17) is 14.2 Å². The number of ether oxygens (including phenoxy) is 3. The monoisotopic (exact) mass is 572 g/mol. The molecule has 1 aromatic heterocycles. The molecule has 3 rings (SSSR count). The molecule has 2 fully saturated rings. The molecular weight excluding hydrogens is 540 g/mol. The van der Waals surface area contributed by atoms with E-state index in [1.54, 1.807) is 7.05 Å². The molecule has 2 saturated heterocycles. The smallest absolute Gasteiger partial charge is 0.417 e. The highest BCUT2D eigenvalue weighted by Crippen LogP contribution is 2.29. The van der Waals surface area contributed by atoms with Crippen molar-refractivity contribution < 1.29 is 27.4 Å². The standard InChI is InChI=1S/C21H31F3N4O3.HI/c1-25-20(26-9-13-30-19-6-5-16(14-27-19)21(22,23)24)28-10-7-17(8-11-28)31-15-18-4-2-3-12-29-18;/h5-6,14,17-18H,2-4,7-13,15H2,1H3,(H,25,26);1H. The van der Waals surface area contributed by atoms with Crippen LogP contribution in [0.15, 0.2) is 23.3 Å². The lowest BCUT2D eigenvalue weighted by atomic mass is 10.1. The number of likely N-dealkylation sites (tertiary alicyclic amines) is 1. The molecule has 2 aliphatic rings. The Morgan fingerprint density at radius 2 is 2.03 bits per heavy atom. The Labute approximate surface area is 204 Å². The fraction of sp³-hybridized carbons (Fsp3) is 0.714. The van der Waals surface area contributed by atoms with E-state index in [0.717, 1.165) is 63.6 Å². The van der Waals surface area contributed by atoms with Crippen LogP contribution < -0.4 is 10.1 Å². The summed E-state index contributed by atoms with van der Waals surface area (Å²) in [7, 11) is 1.73. The van der Waals surface area contributed by atoms with E-state index in [2.05, 4.69) is 20.2 Å². The van der Waals surface area contributed by atoms with Crippen molar-refractivity contribution in [3.05, 3.63) is 23.9 Å². The van der Waals surface area contributed by atoms with Gasteiger partial charge in [-0.05, 0) is 38.2 Å². The van der Waals surface area contributed by atoms with Crippen molar-refractivity contribution in [2.45, 2.75) is 50.5 Å². The zero-order valence-electron chi connectivity index (χ0n) is 18.3. The van der Waals surface area contributed by atoms with E-state index in [9.17, 15) is 13.2 Å². The number of hydrogen-bond acceptors (Lipinski definition) is 5. The fourth-order valence-corrected chi connectivity index (χ4v) is 3.70. The molecular formula is C21H32F3IN4O3. The number of hydrogen-bond donors (Lipinski definition) is 1. The number of alkyl halides is 3. The second-order valence-corrected chi connectivity index (χ2v) is 7.71. The topological polar surface area (TPSA) is 68.2 Å². The molecule has 1 unspecified atom stereocenters. The van der Waals surface area contributed by atoms with Crippen molar-refractivity contribution in [3.63, 3.8) is 0 Å². The predicted octanol–water partition coefficient (Wildman–Crippen LogP) is 3.72. The average Bonchev–Trinajstić information content (AvgIpc) is 2.79. The Morgan fingerprint density at radius 3 is 2.62 bits per heavy atom. The van der Waals surface area contributed by atoms with E-state index in [1.807, 2.05) is 0 Å². The average molecular weight is 572 g/mol. The molecule has 32 heavy (non-hydrogen) atoms. The molecule has 0 aliphatic carbocycles. The molecule has 0 spiro atoms. The van der Waals surface area contributed by atoms with E-state index < -0.39 is 11.7 Å². The Hall–Kier alpha value is -1.34. The van der Waals surface area contributed by atoms with Gasteiger partial charge in [-0.3, -0.25) is 4.99 Å². The zero-order chi connectivity index (χ0) is 22.1. The van der Waals surface area contributed by atoms with Crippen molar-refractivity contribution in [2.75, 3.05) is 46.5 Å². The van der Waals surface area contributed by atoms with Crippen molar-refractivity contribution in [3.8, 4) is 5.88 Å². The summed E-state index contributed by atoms with van der Waals surface area (Å²) in [4.78, 5) is 10.2. The molecule has 1 N–H and O–H groups in total. The van der Waals surface area contributed by atoms with Crippen molar-refractivity contribution in [1.29, 1.82) is 0 Å². The van der Waals surface area contributed by atoms with Crippen LogP contribution in [-0.4, -0.2) is 74.6 Å². The summed E-state index contributed by atoms with van der Waals surface area (Å²) < 4.78 is 54.9. The van der Waals surface area contributed by atoms with Crippen molar-refractivity contribution >= 4 is 29.9 Å². The molecule has 0 bridgehead atoms. The quantitative estimate of drug-likeness (QED) is 0.233. The predicted molar refractivity (Wildman–Crippen MR) is 126 cm³/mol. The first-order chi connectivity index (χ1) is 15.0. The lowest BCUT2D eigenvalue weighted by Gasteiger charge is -2.35. The number of nitrogens with zero attached hydrogens (tertiary/aromatic N) is 3. The minimum Gasteiger partial charge on any atom is -0.476 e. The van der Waals surface area contributed by atoms with Gasteiger partial charge in [0.2, 0.25) is 5.88 Å². The molecule has 2 aliphatic heterocycles. The summed E-state index contributed by atoms with van der Waals surface area (Å²) in [5.74, 6) is 0.933. The van der Waals surface area contributed by atoms with Crippen LogP contribution in [0.3, 0.4) is 0 Å². The largest absolute Gasteiger partial charge is 0.476 e. The van der Waals surface area contributed by atoms with Crippen LogP contribution in [0.25, 0.3) is 0 Å². The summed E-state index contributed by atoms with van der Waals surface area (Å²) in [6, 6.07) is 2.18. The molecule has 182 valence electrons.